The van der Waals surface area contributed by atoms with Crippen LogP contribution in [-0.4, -0.2) is 15.7 Å². The van der Waals surface area contributed by atoms with Gasteiger partial charge in [0.05, 0.1) is 11.1 Å². The molecule has 0 radical (unpaired) electrons. The van der Waals surface area contributed by atoms with Crippen molar-refractivity contribution in [1.82, 2.24) is 13.7 Å². The Hall–Kier alpha value is -5.41. The monoisotopic (exact) mass is 594 g/mol. The number of fused-ring (bicyclic) bond motifs is 9. The third-order valence-electron chi connectivity index (χ3n) is 10.1. The molecule has 0 fully saturated rings. The number of benzene rings is 6. The van der Waals surface area contributed by atoms with E-state index in [1.165, 1.54) is 87.7 Å². The zero-order valence-corrected chi connectivity index (χ0v) is 26.6. The van der Waals surface area contributed by atoms with Crippen molar-refractivity contribution < 1.29 is 0 Å². The topological polar surface area (TPSA) is 12.9 Å². The number of para-hydroxylation sites is 3. The Morgan fingerprint density at radius 3 is 1.63 bits per heavy atom. The van der Waals surface area contributed by atoms with Gasteiger partial charge in [-0.05, 0) is 97.3 Å². The van der Waals surface area contributed by atoms with E-state index >= 15 is 0 Å². The van der Waals surface area contributed by atoms with E-state index in [9.17, 15) is 0 Å². The lowest BCUT2D eigenvalue weighted by molar-refractivity contribution is 0.788. The van der Waals surface area contributed by atoms with Crippen LogP contribution in [0.4, 0.5) is 5.69 Å². The van der Waals surface area contributed by atoms with Crippen LogP contribution in [0.5, 0.6) is 0 Å². The highest BCUT2D eigenvalue weighted by Gasteiger charge is 2.26. The van der Waals surface area contributed by atoms with Crippen LogP contribution in [0.15, 0.2) is 127 Å². The standard InChI is InChI=1S/C43H36N3/c1-4-44-37-16-10-7-13-31(37)34-25-28(19-22-40(34)44)43(29-20-23-41-35(26-29)32-14-8-11-17-38(32)45(41)5-2)30-21-24-42-36(27-30)33-15-9-12-18-39(33)46(42)6-3/h7-27H,4-6H2,1-3H3/q+1. The summed E-state index contributed by atoms with van der Waals surface area (Å²) in [4.78, 5) is 0. The van der Waals surface area contributed by atoms with E-state index in [1.54, 1.807) is 0 Å². The van der Waals surface area contributed by atoms with Crippen molar-refractivity contribution in [3.63, 3.8) is 0 Å². The quantitative estimate of drug-likeness (QED) is 0.176. The highest BCUT2D eigenvalue weighted by molar-refractivity contribution is 6.11. The van der Waals surface area contributed by atoms with E-state index < -0.39 is 0 Å². The molecule has 0 aliphatic carbocycles. The van der Waals surface area contributed by atoms with Crippen LogP contribution in [0.1, 0.15) is 31.9 Å². The first-order valence-corrected chi connectivity index (χ1v) is 16.6. The molecule has 2 aromatic heterocycles. The van der Waals surface area contributed by atoms with Crippen molar-refractivity contribution in [2.24, 2.45) is 0 Å². The summed E-state index contributed by atoms with van der Waals surface area (Å²) in [6, 6.07) is 47.8. The van der Waals surface area contributed by atoms with Gasteiger partial charge in [0.2, 0.25) is 11.0 Å². The summed E-state index contributed by atoms with van der Waals surface area (Å²) in [6.45, 7) is 9.53. The summed E-state index contributed by atoms with van der Waals surface area (Å²) in [6.07, 6.45) is 0. The van der Waals surface area contributed by atoms with E-state index in [-0.39, 0.29) is 0 Å². The Balaban J connectivity index is 1.39. The van der Waals surface area contributed by atoms with Gasteiger partial charge >= 0.3 is 0 Å². The molecular formula is C43H36N3+. The van der Waals surface area contributed by atoms with Gasteiger partial charge < -0.3 is 9.13 Å². The molecule has 0 unspecified atom stereocenters. The molecule has 3 heterocycles. The number of aryl methyl sites for hydroxylation is 2. The molecule has 1 aliphatic heterocycles. The van der Waals surface area contributed by atoms with Crippen molar-refractivity contribution >= 4 is 54.9 Å². The third-order valence-corrected chi connectivity index (χ3v) is 10.1. The maximum atomic E-state index is 2.44. The summed E-state index contributed by atoms with van der Waals surface area (Å²) in [5.41, 5.74) is 12.8. The fourth-order valence-corrected chi connectivity index (χ4v) is 8.15. The molecule has 0 spiro atoms. The van der Waals surface area contributed by atoms with Gasteiger partial charge in [-0.1, -0.05) is 60.7 Å². The zero-order valence-electron chi connectivity index (χ0n) is 26.6. The number of rotatable bonds is 5. The maximum absolute atomic E-state index is 2.44. The van der Waals surface area contributed by atoms with Crippen LogP contribution in [0, 0.1) is 0 Å². The molecule has 222 valence electrons. The van der Waals surface area contributed by atoms with Crippen molar-refractivity contribution in [2.75, 3.05) is 6.54 Å². The van der Waals surface area contributed by atoms with Gasteiger partial charge in [0.25, 0.3) is 0 Å². The molecule has 3 nitrogen and oxygen atoms in total. The highest BCUT2D eigenvalue weighted by Crippen LogP contribution is 2.36. The van der Waals surface area contributed by atoms with Crippen molar-refractivity contribution in [1.29, 1.82) is 0 Å². The molecule has 9 rings (SSSR count). The van der Waals surface area contributed by atoms with Crippen molar-refractivity contribution in [2.45, 2.75) is 33.9 Å². The van der Waals surface area contributed by atoms with E-state index in [1.807, 2.05) is 0 Å². The van der Waals surface area contributed by atoms with E-state index in [0.29, 0.717) is 0 Å². The summed E-state index contributed by atoms with van der Waals surface area (Å²) in [5, 5.41) is 7.75. The largest absolute Gasteiger partial charge is 0.341 e. The predicted molar refractivity (Wildman–Crippen MR) is 194 cm³/mol. The summed E-state index contributed by atoms with van der Waals surface area (Å²) in [7, 11) is 0. The van der Waals surface area contributed by atoms with Gasteiger partial charge in [-0.25, -0.2) is 0 Å². The van der Waals surface area contributed by atoms with Gasteiger partial charge in [-0.15, -0.1) is 0 Å². The second kappa shape index (κ2) is 10.3. The fraction of sp³-hybridized carbons (Fsp3) is 0.140. The predicted octanol–water partition coefficient (Wildman–Crippen LogP) is 9.01. The SMILES string of the molecule is CCn1c2ccccc2c2cc(C(c3ccc4c(c3)c3ccccc3n4CC)=c3ccc4c(c3)-c3ccccc3[N+]=4CC)ccc21. The summed E-state index contributed by atoms with van der Waals surface area (Å²) >= 11 is 0. The molecule has 0 bridgehead atoms. The first-order chi connectivity index (χ1) is 22.7. The van der Waals surface area contributed by atoms with E-state index in [0.717, 1.165) is 19.6 Å². The molecule has 8 aromatic rings. The van der Waals surface area contributed by atoms with Gasteiger partial charge in [0.1, 0.15) is 6.54 Å². The Bertz CT molecular complexity index is 2520. The first kappa shape index (κ1) is 26.9. The Morgan fingerprint density at radius 1 is 0.500 bits per heavy atom. The Labute approximate surface area is 268 Å². The Kier molecular flexibility index (Phi) is 6.04. The van der Waals surface area contributed by atoms with Crippen LogP contribution in [0.25, 0.3) is 60.3 Å². The second-order valence-electron chi connectivity index (χ2n) is 12.4. The van der Waals surface area contributed by atoms with Gasteiger partial charge in [0, 0.05) is 68.8 Å². The van der Waals surface area contributed by atoms with Crippen molar-refractivity contribution in [3.8, 4) is 11.1 Å². The Morgan fingerprint density at radius 2 is 1.04 bits per heavy atom. The average Bonchev–Trinajstić information content (AvgIpc) is 3.73. The fourth-order valence-electron chi connectivity index (χ4n) is 8.15. The highest BCUT2D eigenvalue weighted by atomic mass is 15.0. The van der Waals surface area contributed by atoms with Gasteiger partial charge in [0.15, 0.2) is 0 Å². The van der Waals surface area contributed by atoms with Gasteiger partial charge in [-0.2, -0.15) is 4.58 Å². The molecule has 46 heavy (non-hydrogen) atoms. The van der Waals surface area contributed by atoms with Crippen molar-refractivity contribution in [3.05, 3.63) is 149 Å². The zero-order chi connectivity index (χ0) is 30.9. The minimum atomic E-state index is 0.941. The average molecular weight is 595 g/mol. The second-order valence-corrected chi connectivity index (χ2v) is 12.4. The number of nitrogens with zero attached hydrogens (tertiary/aromatic N) is 3. The molecule has 0 amide bonds. The summed E-state index contributed by atoms with van der Waals surface area (Å²) < 4.78 is 7.31. The number of hydrogen-bond donors (Lipinski definition) is 0. The normalized spacial score (nSPS) is 12.5. The molecule has 3 heteroatoms. The van der Waals surface area contributed by atoms with Crippen LogP contribution >= 0.6 is 0 Å². The molecule has 0 N–H and O–H groups in total. The molecular weight excluding hydrogens is 558 g/mol. The minimum absolute atomic E-state index is 0.941. The van der Waals surface area contributed by atoms with E-state index in [2.05, 4.69) is 162 Å². The maximum Gasteiger partial charge on any atom is 0.213 e. The third kappa shape index (κ3) is 3.75. The lowest BCUT2D eigenvalue weighted by Crippen LogP contribution is -2.24. The lowest BCUT2D eigenvalue weighted by Gasteiger charge is -2.12. The smallest absolute Gasteiger partial charge is 0.213 e. The molecule has 6 aromatic carbocycles. The summed E-state index contributed by atoms with van der Waals surface area (Å²) in [5.74, 6) is 0. The van der Waals surface area contributed by atoms with Gasteiger partial charge in [-0.3, -0.25) is 0 Å². The molecule has 0 saturated heterocycles. The number of aromatic nitrogens is 2. The number of hydrogen-bond acceptors (Lipinski definition) is 0. The minimum Gasteiger partial charge on any atom is -0.341 e. The van der Waals surface area contributed by atoms with Crippen LogP contribution in [0.2, 0.25) is 0 Å². The molecule has 1 aliphatic rings. The first-order valence-electron chi connectivity index (χ1n) is 16.6. The molecule has 0 saturated carbocycles. The van der Waals surface area contributed by atoms with Crippen LogP contribution in [0.3, 0.4) is 0 Å². The molecule has 0 atom stereocenters. The lowest BCUT2D eigenvalue weighted by atomic mass is 9.92. The van der Waals surface area contributed by atoms with E-state index in [4.69, 9.17) is 0 Å². The van der Waals surface area contributed by atoms with Crippen LogP contribution < -0.4 is 15.2 Å². The van der Waals surface area contributed by atoms with Crippen LogP contribution in [-0.2, 0) is 13.1 Å².